The van der Waals surface area contributed by atoms with Crippen molar-refractivity contribution in [2.45, 2.75) is 52.4 Å². The zero-order valence-corrected chi connectivity index (χ0v) is 10.5. The molecule has 0 spiro atoms. The van der Waals surface area contributed by atoms with E-state index in [9.17, 15) is 0 Å². The monoisotopic (exact) mass is 205 g/mol. The SMILES string of the molecule is CC[C@@](C)(CCC(C)C)c1ccncc1. The molecule has 0 saturated carbocycles. The zero-order chi connectivity index (χ0) is 11.3. The van der Waals surface area contributed by atoms with Gasteiger partial charge in [-0.1, -0.05) is 34.1 Å². The van der Waals surface area contributed by atoms with Gasteiger partial charge in [-0.25, -0.2) is 0 Å². The molecule has 1 nitrogen and oxygen atoms in total. The van der Waals surface area contributed by atoms with Gasteiger partial charge in [0.05, 0.1) is 0 Å². The summed E-state index contributed by atoms with van der Waals surface area (Å²) in [5.41, 5.74) is 1.76. The van der Waals surface area contributed by atoms with Crippen LogP contribution in [0.3, 0.4) is 0 Å². The number of hydrogen-bond acceptors (Lipinski definition) is 1. The lowest BCUT2D eigenvalue weighted by atomic mass is 9.75. The van der Waals surface area contributed by atoms with Crippen LogP contribution < -0.4 is 0 Å². The van der Waals surface area contributed by atoms with Gasteiger partial charge in [-0.2, -0.15) is 0 Å². The highest BCUT2D eigenvalue weighted by molar-refractivity contribution is 5.21. The number of aromatic nitrogens is 1. The molecule has 15 heavy (non-hydrogen) atoms. The van der Waals surface area contributed by atoms with Gasteiger partial charge in [0, 0.05) is 12.4 Å². The molecule has 0 fully saturated rings. The molecule has 84 valence electrons. The molecular formula is C14H23N. The Morgan fingerprint density at radius 2 is 1.87 bits per heavy atom. The summed E-state index contributed by atoms with van der Waals surface area (Å²) >= 11 is 0. The molecule has 0 aliphatic heterocycles. The summed E-state index contributed by atoms with van der Waals surface area (Å²) in [6, 6.07) is 4.31. The van der Waals surface area contributed by atoms with Crippen LogP contribution in [0.5, 0.6) is 0 Å². The Kier molecular flexibility index (Phi) is 4.31. The van der Waals surface area contributed by atoms with E-state index in [1.807, 2.05) is 12.4 Å². The molecule has 1 heterocycles. The van der Waals surface area contributed by atoms with Crippen molar-refractivity contribution in [1.82, 2.24) is 4.98 Å². The second-order valence-corrected chi connectivity index (χ2v) is 5.08. The lowest BCUT2D eigenvalue weighted by molar-refractivity contribution is 0.373. The average molecular weight is 205 g/mol. The van der Waals surface area contributed by atoms with Gasteiger partial charge in [0.25, 0.3) is 0 Å². The molecule has 0 unspecified atom stereocenters. The van der Waals surface area contributed by atoms with E-state index in [-0.39, 0.29) is 0 Å². The van der Waals surface area contributed by atoms with Crippen LogP contribution in [0.25, 0.3) is 0 Å². The molecule has 0 N–H and O–H groups in total. The smallest absolute Gasteiger partial charge is 0.0270 e. The Bertz CT molecular complexity index is 279. The molecule has 0 aliphatic rings. The van der Waals surface area contributed by atoms with Crippen LogP contribution in [-0.2, 0) is 5.41 Å². The Hall–Kier alpha value is -0.850. The molecule has 1 heteroatoms. The predicted molar refractivity (Wildman–Crippen MR) is 66.0 cm³/mol. The van der Waals surface area contributed by atoms with Crippen molar-refractivity contribution in [3.63, 3.8) is 0 Å². The molecule has 0 radical (unpaired) electrons. The fourth-order valence-corrected chi connectivity index (χ4v) is 1.89. The molecule has 1 rings (SSSR count). The second kappa shape index (κ2) is 5.29. The van der Waals surface area contributed by atoms with Crippen LogP contribution in [0.15, 0.2) is 24.5 Å². The highest BCUT2D eigenvalue weighted by atomic mass is 14.6. The fourth-order valence-electron chi connectivity index (χ4n) is 1.89. The maximum Gasteiger partial charge on any atom is 0.0270 e. The van der Waals surface area contributed by atoms with Gasteiger partial charge in [-0.3, -0.25) is 4.98 Å². The van der Waals surface area contributed by atoms with Crippen LogP contribution in [0.2, 0.25) is 0 Å². The molecule has 0 bridgehead atoms. The summed E-state index contributed by atoms with van der Waals surface area (Å²) in [6.45, 7) is 9.23. The lowest BCUT2D eigenvalue weighted by Gasteiger charge is -2.29. The Balaban J connectivity index is 2.76. The zero-order valence-electron chi connectivity index (χ0n) is 10.5. The third-order valence-electron chi connectivity index (χ3n) is 3.43. The summed E-state index contributed by atoms with van der Waals surface area (Å²) in [6.07, 6.45) is 7.57. The first-order valence-electron chi connectivity index (χ1n) is 5.99. The minimum atomic E-state index is 0.327. The average Bonchev–Trinajstić information content (AvgIpc) is 2.27. The van der Waals surface area contributed by atoms with Crippen molar-refractivity contribution in [2.75, 3.05) is 0 Å². The van der Waals surface area contributed by atoms with Gasteiger partial charge in [-0.05, 0) is 41.9 Å². The van der Waals surface area contributed by atoms with Gasteiger partial charge in [-0.15, -0.1) is 0 Å². The number of pyridine rings is 1. The maximum absolute atomic E-state index is 4.09. The fraction of sp³-hybridized carbons (Fsp3) is 0.643. The van der Waals surface area contributed by atoms with Gasteiger partial charge < -0.3 is 0 Å². The first-order chi connectivity index (χ1) is 7.08. The molecule has 0 aromatic carbocycles. The molecule has 0 aliphatic carbocycles. The highest BCUT2D eigenvalue weighted by Gasteiger charge is 2.24. The minimum Gasteiger partial charge on any atom is -0.265 e. The largest absolute Gasteiger partial charge is 0.265 e. The van der Waals surface area contributed by atoms with Crippen LogP contribution in [0.1, 0.15) is 52.5 Å². The summed E-state index contributed by atoms with van der Waals surface area (Å²) in [5, 5.41) is 0. The van der Waals surface area contributed by atoms with E-state index in [1.54, 1.807) is 0 Å². The van der Waals surface area contributed by atoms with Crippen LogP contribution in [0, 0.1) is 5.92 Å². The first kappa shape index (κ1) is 12.2. The second-order valence-electron chi connectivity index (χ2n) is 5.08. The van der Waals surface area contributed by atoms with Crippen molar-refractivity contribution < 1.29 is 0 Å². The van der Waals surface area contributed by atoms with Crippen LogP contribution >= 0.6 is 0 Å². The van der Waals surface area contributed by atoms with Crippen molar-refractivity contribution in [1.29, 1.82) is 0 Å². The molecule has 1 aromatic rings. The van der Waals surface area contributed by atoms with E-state index in [2.05, 4.69) is 44.8 Å². The van der Waals surface area contributed by atoms with E-state index in [1.165, 1.54) is 24.8 Å². The van der Waals surface area contributed by atoms with Gasteiger partial charge in [0.1, 0.15) is 0 Å². The highest BCUT2D eigenvalue weighted by Crippen LogP contribution is 2.33. The van der Waals surface area contributed by atoms with E-state index in [4.69, 9.17) is 0 Å². The number of hydrogen-bond donors (Lipinski definition) is 0. The van der Waals surface area contributed by atoms with E-state index < -0.39 is 0 Å². The number of nitrogens with zero attached hydrogens (tertiary/aromatic N) is 1. The van der Waals surface area contributed by atoms with Crippen molar-refractivity contribution in [2.24, 2.45) is 5.92 Å². The van der Waals surface area contributed by atoms with Crippen molar-refractivity contribution in [3.05, 3.63) is 30.1 Å². The summed E-state index contributed by atoms with van der Waals surface area (Å²) in [5.74, 6) is 0.790. The molecule has 0 saturated heterocycles. The van der Waals surface area contributed by atoms with Crippen molar-refractivity contribution in [3.8, 4) is 0 Å². The van der Waals surface area contributed by atoms with E-state index in [0.29, 0.717) is 5.41 Å². The van der Waals surface area contributed by atoms with E-state index in [0.717, 1.165) is 5.92 Å². The standard InChI is InChI=1S/C14H23N/c1-5-14(4,9-6-12(2)3)13-7-10-15-11-8-13/h7-8,10-12H,5-6,9H2,1-4H3/t14-/m0/s1. The normalized spacial score (nSPS) is 15.3. The topological polar surface area (TPSA) is 12.9 Å². The maximum atomic E-state index is 4.09. The third-order valence-corrected chi connectivity index (χ3v) is 3.43. The van der Waals surface area contributed by atoms with Crippen LogP contribution in [0.4, 0.5) is 0 Å². The van der Waals surface area contributed by atoms with Crippen molar-refractivity contribution >= 4 is 0 Å². The van der Waals surface area contributed by atoms with Gasteiger partial charge in [0.15, 0.2) is 0 Å². The molecular weight excluding hydrogens is 182 g/mol. The summed E-state index contributed by atoms with van der Waals surface area (Å²) in [7, 11) is 0. The minimum absolute atomic E-state index is 0.327. The Morgan fingerprint density at radius 1 is 1.27 bits per heavy atom. The first-order valence-corrected chi connectivity index (χ1v) is 5.99. The van der Waals surface area contributed by atoms with Gasteiger partial charge in [0.2, 0.25) is 0 Å². The quantitative estimate of drug-likeness (QED) is 0.702. The van der Waals surface area contributed by atoms with Gasteiger partial charge >= 0.3 is 0 Å². The summed E-state index contributed by atoms with van der Waals surface area (Å²) in [4.78, 5) is 4.09. The van der Waals surface area contributed by atoms with E-state index >= 15 is 0 Å². The molecule has 1 atom stereocenters. The molecule has 1 aromatic heterocycles. The Labute approximate surface area is 93.9 Å². The predicted octanol–water partition coefficient (Wildman–Crippen LogP) is 4.19. The lowest BCUT2D eigenvalue weighted by Crippen LogP contribution is -2.21. The third kappa shape index (κ3) is 3.33. The Morgan fingerprint density at radius 3 is 2.33 bits per heavy atom. The summed E-state index contributed by atoms with van der Waals surface area (Å²) < 4.78 is 0. The van der Waals surface area contributed by atoms with Crippen LogP contribution in [-0.4, -0.2) is 4.98 Å². The molecule has 0 amide bonds. The number of rotatable bonds is 5.